The molecular weight excluding hydrogens is 641 g/mol. The number of alkyl halides is 18. The van der Waals surface area contributed by atoms with Crippen LogP contribution in [0, 0.1) is 0 Å². The first-order valence-corrected chi connectivity index (χ1v) is 11.0. The van der Waals surface area contributed by atoms with Gasteiger partial charge in [-0.15, -0.1) is 0 Å². The molecule has 3 aromatic carbocycles. The van der Waals surface area contributed by atoms with Crippen molar-refractivity contribution in [3.63, 3.8) is 0 Å². The average molecular weight is 650 g/mol. The Morgan fingerprint density at radius 1 is 0.279 bits per heavy atom. The smallest absolute Gasteiger partial charge is 0.166 e. The molecule has 0 saturated heterocycles. The van der Waals surface area contributed by atoms with Crippen LogP contribution < -0.4 is 16.4 Å². The molecule has 0 spiro atoms. The van der Waals surface area contributed by atoms with Crippen LogP contribution in [0.15, 0.2) is 54.6 Å². The first kappa shape index (κ1) is 34.0. The lowest BCUT2D eigenvalue weighted by atomic mass is 9.36. The van der Waals surface area contributed by atoms with Crippen molar-refractivity contribution in [2.45, 2.75) is 37.1 Å². The first-order valence-electron chi connectivity index (χ1n) is 11.0. The summed E-state index contributed by atoms with van der Waals surface area (Å²) in [6.07, 6.45) is -34.6. The third kappa shape index (κ3) is 7.34. The molecule has 0 bridgehead atoms. The third-order valence-electron chi connectivity index (χ3n) is 5.96. The quantitative estimate of drug-likeness (QED) is 0.198. The van der Waals surface area contributed by atoms with Crippen LogP contribution in [0.3, 0.4) is 0 Å². The molecule has 0 fully saturated rings. The Morgan fingerprint density at radius 2 is 0.465 bits per heavy atom. The Balaban J connectivity index is 2.49. The zero-order valence-electron chi connectivity index (χ0n) is 20.1. The van der Waals surface area contributed by atoms with Gasteiger partial charge in [-0.05, 0) is 18.2 Å². The maximum atomic E-state index is 13.6. The van der Waals surface area contributed by atoms with Gasteiger partial charge in [-0.25, -0.2) is 0 Å². The predicted octanol–water partition coefficient (Wildman–Crippen LogP) is 8.32. The average Bonchev–Trinajstić information content (AvgIpc) is 2.80. The fourth-order valence-corrected chi connectivity index (χ4v) is 4.25. The topological polar surface area (TPSA) is 0 Å². The molecular formula is C24H9BF18. The van der Waals surface area contributed by atoms with Gasteiger partial charge in [0.25, 0.3) is 0 Å². The Kier molecular flexibility index (Phi) is 8.35. The summed E-state index contributed by atoms with van der Waals surface area (Å²) < 4.78 is 242. The van der Waals surface area contributed by atoms with E-state index in [1.54, 1.807) is 0 Å². The van der Waals surface area contributed by atoms with E-state index in [9.17, 15) is 79.0 Å². The second-order valence-electron chi connectivity index (χ2n) is 8.83. The lowest BCUT2D eigenvalue weighted by Crippen LogP contribution is -2.53. The van der Waals surface area contributed by atoms with Crippen LogP contribution in [-0.4, -0.2) is 6.71 Å². The molecule has 0 heterocycles. The fraction of sp³-hybridized carbons (Fsp3) is 0.250. The molecule has 0 aliphatic carbocycles. The zero-order chi connectivity index (χ0) is 33.1. The minimum Gasteiger partial charge on any atom is -0.166 e. The molecule has 0 aliphatic rings. The first-order chi connectivity index (χ1) is 19.1. The van der Waals surface area contributed by atoms with E-state index in [1.807, 2.05) is 0 Å². The maximum Gasteiger partial charge on any atom is 0.417 e. The highest BCUT2D eigenvalue weighted by atomic mass is 19.4. The molecule has 0 aromatic heterocycles. The van der Waals surface area contributed by atoms with Gasteiger partial charge in [0, 0.05) is 0 Å². The standard InChI is InChI=1S/C24H9BF18/c26-19(27,28)13-4-1-10(7-16(13)22(35,36)37)25(11-2-5-14(20(29,30)31)17(8-11)23(38,39)40)12-3-6-15(21(32,33)34)18(9-12)24(41,42)43/h1-9H. The van der Waals surface area contributed by atoms with Gasteiger partial charge in [-0.2, -0.15) is 79.0 Å². The Morgan fingerprint density at radius 3 is 0.628 bits per heavy atom. The van der Waals surface area contributed by atoms with Crippen LogP contribution in [-0.2, 0) is 37.1 Å². The third-order valence-corrected chi connectivity index (χ3v) is 5.96. The summed E-state index contributed by atoms with van der Waals surface area (Å²) in [4.78, 5) is 0. The lowest BCUT2D eigenvalue weighted by molar-refractivity contribution is -0.162. The minimum absolute atomic E-state index is 0.193. The molecule has 19 heteroatoms. The van der Waals surface area contributed by atoms with Gasteiger partial charge >= 0.3 is 37.1 Å². The van der Waals surface area contributed by atoms with Crippen LogP contribution in [0.5, 0.6) is 0 Å². The van der Waals surface area contributed by atoms with E-state index in [-0.39, 0.29) is 54.6 Å². The highest BCUT2D eigenvalue weighted by molar-refractivity contribution is 6.95. The van der Waals surface area contributed by atoms with Crippen molar-refractivity contribution >= 4 is 23.1 Å². The minimum atomic E-state index is -5.83. The van der Waals surface area contributed by atoms with Crippen molar-refractivity contribution in [3.8, 4) is 0 Å². The monoisotopic (exact) mass is 650 g/mol. The van der Waals surface area contributed by atoms with Gasteiger partial charge in [-0.3, -0.25) is 0 Å². The summed E-state index contributed by atoms with van der Waals surface area (Å²) in [7, 11) is 0. The van der Waals surface area contributed by atoms with E-state index in [1.165, 1.54) is 0 Å². The highest BCUT2D eigenvalue weighted by Gasteiger charge is 2.47. The molecule has 3 rings (SSSR count). The van der Waals surface area contributed by atoms with Crippen LogP contribution in [0.2, 0.25) is 0 Å². The normalized spacial score (nSPS) is 13.8. The summed E-state index contributed by atoms with van der Waals surface area (Å²) in [5.41, 5.74) is -17.9. The van der Waals surface area contributed by atoms with Gasteiger partial charge in [0.15, 0.2) is 0 Å². The molecule has 3 aromatic rings. The number of hydrogen-bond acceptors (Lipinski definition) is 0. The van der Waals surface area contributed by atoms with E-state index < -0.39 is 93.5 Å². The SMILES string of the molecule is FC(F)(F)c1ccc(B(c2ccc(C(F)(F)F)c(C(F)(F)F)c2)c2ccc(C(F)(F)F)c(C(F)(F)F)c2)cc1C(F)(F)F. The van der Waals surface area contributed by atoms with Crippen molar-refractivity contribution < 1.29 is 79.0 Å². The molecule has 0 amide bonds. The van der Waals surface area contributed by atoms with E-state index in [4.69, 9.17) is 0 Å². The Hall–Kier alpha value is -3.54. The van der Waals surface area contributed by atoms with Crippen molar-refractivity contribution in [2.24, 2.45) is 0 Å². The summed E-state index contributed by atoms with van der Waals surface area (Å²) in [5, 5.41) is 0. The molecule has 43 heavy (non-hydrogen) atoms. The van der Waals surface area contributed by atoms with Gasteiger partial charge in [0.2, 0.25) is 6.71 Å². The molecule has 234 valence electrons. The molecule has 0 unspecified atom stereocenters. The predicted molar refractivity (Wildman–Crippen MR) is 114 cm³/mol. The van der Waals surface area contributed by atoms with Crippen LogP contribution >= 0.6 is 0 Å². The maximum absolute atomic E-state index is 13.6. The number of halogens is 18. The summed E-state index contributed by atoms with van der Waals surface area (Å²) in [6.45, 7) is -2.46. The number of rotatable bonds is 3. The largest absolute Gasteiger partial charge is 0.417 e. The summed E-state index contributed by atoms with van der Waals surface area (Å²) in [5.74, 6) is 0. The summed E-state index contributed by atoms with van der Waals surface area (Å²) >= 11 is 0. The van der Waals surface area contributed by atoms with Gasteiger partial charge < -0.3 is 0 Å². The van der Waals surface area contributed by atoms with Crippen LogP contribution in [0.4, 0.5) is 79.0 Å². The van der Waals surface area contributed by atoms with E-state index >= 15 is 0 Å². The van der Waals surface area contributed by atoms with Crippen molar-refractivity contribution in [1.29, 1.82) is 0 Å². The molecule has 0 radical (unpaired) electrons. The number of benzene rings is 3. The van der Waals surface area contributed by atoms with Gasteiger partial charge in [0.05, 0.1) is 33.4 Å². The van der Waals surface area contributed by atoms with Crippen molar-refractivity contribution in [3.05, 3.63) is 88.0 Å². The second kappa shape index (κ2) is 10.6. The summed E-state index contributed by atoms with van der Waals surface area (Å²) in [6, 6.07) is -1.05. The van der Waals surface area contributed by atoms with E-state index in [0.29, 0.717) is 0 Å². The Bertz CT molecular complexity index is 1300. The molecule has 0 N–H and O–H groups in total. The van der Waals surface area contributed by atoms with Crippen LogP contribution in [0.25, 0.3) is 0 Å². The zero-order valence-corrected chi connectivity index (χ0v) is 20.1. The number of hydrogen-bond donors (Lipinski definition) is 0. The molecule has 0 saturated carbocycles. The van der Waals surface area contributed by atoms with Crippen LogP contribution in [0.1, 0.15) is 33.4 Å². The Labute approximate surface area is 228 Å². The fourth-order valence-electron chi connectivity index (χ4n) is 4.25. The van der Waals surface area contributed by atoms with E-state index in [2.05, 4.69) is 0 Å². The van der Waals surface area contributed by atoms with E-state index in [0.717, 1.165) is 0 Å². The molecule has 0 nitrogen and oxygen atoms in total. The van der Waals surface area contributed by atoms with Gasteiger partial charge in [0.1, 0.15) is 0 Å². The second-order valence-corrected chi connectivity index (χ2v) is 8.83. The highest BCUT2D eigenvalue weighted by Crippen LogP contribution is 2.42. The van der Waals surface area contributed by atoms with Gasteiger partial charge in [-0.1, -0.05) is 52.8 Å². The molecule has 0 atom stereocenters. The van der Waals surface area contributed by atoms with Crippen molar-refractivity contribution in [2.75, 3.05) is 0 Å². The van der Waals surface area contributed by atoms with Crippen molar-refractivity contribution in [1.82, 2.24) is 0 Å². The lowest BCUT2D eigenvalue weighted by Gasteiger charge is -2.24. The molecule has 0 aliphatic heterocycles.